The predicted molar refractivity (Wildman–Crippen MR) is 124 cm³/mol. The first-order valence-electron chi connectivity index (χ1n) is 10.4. The number of nitrogens with one attached hydrogen (secondary N) is 1. The number of sulfonamides is 1. The molecule has 0 heterocycles. The lowest BCUT2D eigenvalue weighted by atomic mass is 10.1. The molecule has 1 atom stereocenters. The lowest BCUT2D eigenvalue weighted by Crippen LogP contribution is -2.44. The van der Waals surface area contributed by atoms with E-state index >= 15 is 0 Å². The molecule has 174 valence electrons. The number of hydrogen-bond acceptors (Lipinski definition) is 5. The molecule has 3 rings (SSSR count). The molecule has 8 heteroatoms. The normalized spacial score (nSPS) is 12.4. The molecule has 0 aliphatic heterocycles. The minimum absolute atomic E-state index is 0.0469. The molecule has 3 aromatic rings. The maximum absolute atomic E-state index is 13.7. The Bertz CT molecular complexity index is 1190. The summed E-state index contributed by atoms with van der Waals surface area (Å²) >= 11 is 0. The first-order valence-corrected chi connectivity index (χ1v) is 11.9. The van der Waals surface area contributed by atoms with Crippen LogP contribution in [0.15, 0.2) is 77.7 Å². The standard InChI is InChI=1S/C25H26FNO5S/c1-17(2)24(25(28)31-3)27-33(29,30)22-14-10-19(11-15-22)18-8-12-21(13-9-18)32-16-20-6-4-5-7-23(20)26/h4-15,17,24,27H,16H2,1-3H3/t24-/m1/s1. The summed E-state index contributed by atoms with van der Waals surface area (Å²) in [6.45, 7) is 3.59. The highest BCUT2D eigenvalue weighted by Gasteiger charge is 2.29. The van der Waals surface area contributed by atoms with E-state index < -0.39 is 22.0 Å². The van der Waals surface area contributed by atoms with Crippen molar-refractivity contribution in [2.75, 3.05) is 7.11 Å². The van der Waals surface area contributed by atoms with E-state index in [9.17, 15) is 17.6 Å². The van der Waals surface area contributed by atoms with Gasteiger partial charge in [0.2, 0.25) is 10.0 Å². The number of rotatable bonds is 9. The number of hydrogen-bond donors (Lipinski definition) is 1. The van der Waals surface area contributed by atoms with Crippen molar-refractivity contribution in [3.63, 3.8) is 0 Å². The summed E-state index contributed by atoms with van der Waals surface area (Å²) in [5, 5.41) is 0. The van der Waals surface area contributed by atoms with Gasteiger partial charge in [-0.25, -0.2) is 12.8 Å². The molecular formula is C25H26FNO5S. The largest absolute Gasteiger partial charge is 0.489 e. The number of halogens is 1. The number of carbonyl (C=O) groups excluding carboxylic acids is 1. The van der Waals surface area contributed by atoms with E-state index in [0.717, 1.165) is 11.1 Å². The molecule has 0 aromatic heterocycles. The molecular weight excluding hydrogens is 445 g/mol. The Morgan fingerprint density at radius 3 is 2.06 bits per heavy atom. The summed E-state index contributed by atoms with van der Waals surface area (Å²) in [5.74, 6) is -0.633. The van der Waals surface area contributed by atoms with Crippen molar-refractivity contribution < 1.29 is 27.1 Å². The van der Waals surface area contributed by atoms with Crippen LogP contribution in [0.25, 0.3) is 11.1 Å². The van der Waals surface area contributed by atoms with Crippen molar-refractivity contribution in [2.24, 2.45) is 5.92 Å². The summed E-state index contributed by atoms with van der Waals surface area (Å²) < 4.78 is 51.9. The number of methoxy groups -OCH3 is 1. The van der Waals surface area contributed by atoms with Crippen LogP contribution < -0.4 is 9.46 Å². The van der Waals surface area contributed by atoms with E-state index in [1.54, 1.807) is 56.3 Å². The van der Waals surface area contributed by atoms with Crippen molar-refractivity contribution in [1.82, 2.24) is 4.72 Å². The van der Waals surface area contributed by atoms with Crippen molar-refractivity contribution in [2.45, 2.75) is 31.4 Å². The Morgan fingerprint density at radius 1 is 0.939 bits per heavy atom. The number of ether oxygens (including phenoxy) is 2. The van der Waals surface area contributed by atoms with Crippen LogP contribution >= 0.6 is 0 Å². The fraction of sp³-hybridized carbons (Fsp3) is 0.240. The molecule has 33 heavy (non-hydrogen) atoms. The highest BCUT2D eigenvalue weighted by atomic mass is 32.2. The minimum atomic E-state index is -3.90. The van der Waals surface area contributed by atoms with Gasteiger partial charge in [0.25, 0.3) is 0 Å². The second-order valence-electron chi connectivity index (χ2n) is 7.79. The van der Waals surface area contributed by atoms with Gasteiger partial charge in [-0.15, -0.1) is 0 Å². The molecule has 0 bridgehead atoms. The summed E-state index contributed by atoms with van der Waals surface area (Å²) in [5.41, 5.74) is 2.14. The van der Waals surface area contributed by atoms with Crippen LogP contribution in [0.3, 0.4) is 0 Å². The van der Waals surface area contributed by atoms with E-state index in [4.69, 9.17) is 9.47 Å². The van der Waals surface area contributed by atoms with Gasteiger partial charge in [0, 0.05) is 5.56 Å². The molecule has 1 N–H and O–H groups in total. The highest BCUT2D eigenvalue weighted by molar-refractivity contribution is 7.89. The van der Waals surface area contributed by atoms with E-state index in [0.29, 0.717) is 11.3 Å². The molecule has 6 nitrogen and oxygen atoms in total. The molecule has 0 aliphatic rings. The van der Waals surface area contributed by atoms with Crippen LogP contribution in [0, 0.1) is 11.7 Å². The van der Waals surface area contributed by atoms with Gasteiger partial charge in [0.05, 0.1) is 12.0 Å². The average molecular weight is 472 g/mol. The van der Waals surface area contributed by atoms with Gasteiger partial charge in [-0.3, -0.25) is 4.79 Å². The van der Waals surface area contributed by atoms with Gasteiger partial charge in [0.1, 0.15) is 24.2 Å². The van der Waals surface area contributed by atoms with E-state index in [-0.39, 0.29) is 23.2 Å². The quantitative estimate of drug-likeness (QED) is 0.463. The second kappa shape index (κ2) is 10.6. The maximum atomic E-state index is 13.7. The van der Waals surface area contributed by atoms with Crippen molar-refractivity contribution in [3.05, 3.63) is 84.2 Å². The molecule has 0 saturated heterocycles. The second-order valence-corrected chi connectivity index (χ2v) is 9.51. The average Bonchev–Trinajstić information content (AvgIpc) is 2.82. The minimum Gasteiger partial charge on any atom is -0.489 e. The van der Waals surface area contributed by atoms with Crippen LogP contribution in [0.2, 0.25) is 0 Å². The van der Waals surface area contributed by atoms with Gasteiger partial charge in [-0.1, -0.05) is 56.3 Å². The van der Waals surface area contributed by atoms with Crippen LogP contribution in [-0.4, -0.2) is 27.5 Å². The Balaban J connectivity index is 1.69. The van der Waals surface area contributed by atoms with Gasteiger partial charge < -0.3 is 9.47 Å². The lowest BCUT2D eigenvalue weighted by Gasteiger charge is -2.19. The fourth-order valence-electron chi connectivity index (χ4n) is 3.17. The lowest BCUT2D eigenvalue weighted by molar-refractivity contribution is -0.143. The molecule has 0 amide bonds. The summed E-state index contributed by atoms with van der Waals surface area (Å²) in [6.07, 6.45) is 0. The van der Waals surface area contributed by atoms with Crippen LogP contribution in [0.5, 0.6) is 5.75 Å². The Morgan fingerprint density at radius 2 is 1.52 bits per heavy atom. The SMILES string of the molecule is COC(=O)[C@H](NS(=O)(=O)c1ccc(-c2ccc(OCc3ccccc3F)cc2)cc1)C(C)C. The molecule has 0 fully saturated rings. The Hall–Kier alpha value is -3.23. The first-order chi connectivity index (χ1) is 15.7. The molecule has 0 saturated carbocycles. The Kier molecular flexibility index (Phi) is 7.84. The van der Waals surface area contributed by atoms with Gasteiger partial charge >= 0.3 is 5.97 Å². The van der Waals surface area contributed by atoms with Crippen molar-refractivity contribution >= 4 is 16.0 Å². The topological polar surface area (TPSA) is 81.7 Å². The third kappa shape index (κ3) is 6.18. The van der Waals surface area contributed by atoms with Gasteiger partial charge in [0.15, 0.2) is 0 Å². The van der Waals surface area contributed by atoms with Crippen molar-refractivity contribution in [3.8, 4) is 16.9 Å². The third-order valence-corrected chi connectivity index (χ3v) is 6.57. The van der Waals surface area contributed by atoms with E-state index in [1.165, 1.54) is 25.3 Å². The fourth-order valence-corrected chi connectivity index (χ4v) is 4.50. The molecule has 0 radical (unpaired) electrons. The molecule has 0 aliphatic carbocycles. The molecule has 0 spiro atoms. The number of carbonyl (C=O) groups is 1. The van der Waals surface area contributed by atoms with Gasteiger partial charge in [-0.2, -0.15) is 4.72 Å². The van der Waals surface area contributed by atoms with Crippen LogP contribution in [0.4, 0.5) is 4.39 Å². The van der Waals surface area contributed by atoms with Crippen LogP contribution in [-0.2, 0) is 26.2 Å². The smallest absolute Gasteiger partial charge is 0.324 e. The van der Waals surface area contributed by atoms with E-state index in [1.807, 2.05) is 12.1 Å². The monoisotopic (exact) mass is 471 g/mol. The zero-order valence-electron chi connectivity index (χ0n) is 18.6. The van der Waals surface area contributed by atoms with Crippen molar-refractivity contribution in [1.29, 1.82) is 0 Å². The number of benzene rings is 3. The van der Waals surface area contributed by atoms with E-state index in [2.05, 4.69) is 4.72 Å². The summed E-state index contributed by atoms with van der Waals surface area (Å²) in [7, 11) is -2.68. The van der Waals surface area contributed by atoms with Crippen LogP contribution in [0.1, 0.15) is 19.4 Å². The summed E-state index contributed by atoms with van der Waals surface area (Å²) in [4.78, 5) is 11.9. The first kappa shape index (κ1) is 24.4. The maximum Gasteiger partial charge on any atom is 0.324 e. The zero-order valence-corrected chi connectivity index (χ0v) is 19.4. The summed E-state index contributed by atoms with van der Waals surface area (Å²) in [6, 6.07) is 19.0. The predicted octanol–water partition coefficient (Wildman–Crippen LogP) is 4.55. The number of esters is 1. The molecule has 3 aromatic carbocycles. The highest BCUT2D eigenvalue weighted by Crippen LogP contribution is 2.25. The third-order valence-electron chi connectivity index (χ3n) is 5.11. The van der Waals surface area contributed by atoms with Gasteiger partial charge in [-0.05, 0) is 47.4 Å². The Labute approximate surface area is 193 Å². The zero-order chi connectivity index (χ0) is 24.0. The molecule has 0 unspecified atom stereocenters.